The van der Waals surface area contributed by atoms with Gasteiger partial charge in [0.1, 0.15) is 10.5 Å². The Balaban J connectivity index is 1.74. The first-order chi connectivity index (χ1) is 8.16. The number of H-pyrrole nitrogens is 1. The third-order valence-corrected chi connectivity index (χ3v) is 4.21. The van der Waals surface area contributed by atoms with Crippen LogP contribution in [0.2, 0.25) is 0 Å². The zero-order valence-electron chi connectivity index (χ0n) is 9.75. The van der Waals surface area contributed by atoms with Crippen LogP contribution in [0, 0.1) is 5.41 Å². The fourth-order valence-corrected chi connectivity index (χ4v) is 2.60. The number of thiophene rings is 1. The molecule has 2 aromatic heterocycles. The van der Waals surface area contributed by atoms with Crippen LogP contribution in [0.5, 0.6) is 0 Å². The molecule has 4 nitrogen and oxygen atoms in total. The molecule has 2 N–H and O–H groups in total. The monoisotopic (exact) mass is 249 g/mol. The van der Waals surface area contributed by atoms with Gasteiger partial charge in [-0.2, -0.15) is 0 Å². The van der Waals surface area contributed by atoms with Gasteiger partial charge in [-0.15, -0.1) is 11.3 Å². The van der Waals surface area contributed by atoms with Crippen molar-refractivity contribution in [1.29, 1.82) is 0 Å². The zero-order valence-corrected chi connectivity index (χ0v) is 10.6. The molecule has 2 aromatic rings. The maximum Gasteiger partial charge on any atom is 0.268 e. The minimum absolute atomic E-state index is 0.0283. The summed E-state index contributed by atoms with van der Waals surface area (Å²) in [6.07, 6.45) is 2.60. The van der Waals surface area contributed by atoms with E-state index in [4.69, 9.17) is 0 Å². The smallest absolute Gasteiger partial charge is 0.268 e. The molecule has 0 aliphatic heterocycles. The molecule has 0 bridgehead atoms. The van der Waals surface area contributed by atoms with Crippen molar-refractivity contribution in [3.05, 3.63) is 27.6 Å². The maximum absolute atomic E-state index is 11.7. The number of aromatic nitrogens is 2. The first kappa shape index (κ1) is 10.9. The van der Waals surface area contributed by atoms with Gasteiger partial charge >= 0.3 is 0 Å². The molecule has 0 aromatic carbocycles. The predicted octanol–water partition coefficient (Wildman–Crippen LogP) is 1.87. The van der Waals surface area contributed by atoms with Crippen molar-refractivity contribution in [3.63, 3.8) is 0 Å². The molecule has 0 spiro atoms. The van der Waals surface area contributed by atoms with Crippen molar-refractivity contribution in [1.82, 2.24) is 15.3 Å². The first-order valence-corrected chi connectivity index (χ1v) is 6.71. The van der Waals surface area contributed by atoms with Crippen molar-refractivity contribution in [2.45, 2.75) is 26.3 Å². The van der Waals surface area contributed by atoms with Crippen LogP contribution in [-0.4, -0.2) is 16.5 Å². The van der Waals surface area contributed by atoms with Crippen LogP contribution in [0.15, 0.2) is 16.2 Å². The number of hydrogen-bond acceptors (Lipinski definition) is 4. The van der Waals surface area contributed by atoms with E-state index in [0.717, 1.165) is 17.9 Å². The molecule has 0 saturated heterocycles. The van der Waals surface area contributed by atoms with Crippen molar-refractivity contribution < 1.29 is 0 Å². The standard InChI is InChI=1S/C12H15N3OS/c1-12(3-4-12)7-13-6-9-14-8-2-5-17-10(8)11(16)15-9/h2,5,13H,3-4,6-7H2,1H3,(H,14,15,16). The lowest BCUT2D eigenvalue weighted by Crippen LogP contribution is -2.24. The van der Waals surface area contributed by atoms with Gasteiger partial charge in [0.25, 0.3) is 5.56 Å². The third kappa shape index (κ3) is 2.25. The second-order valence-corrected chi connectivity index (χ2v) is 5.98. The van der Waals surface area contributed by atoms with E-state index in [9.17, 15) is 4.79 Å². The van der Waals surface area contributed by atoms with E-state index >= 15 is 0 Å². The Morgan fingerprint density at radius 1 is 1.59 bits per heavy atom. The van der Waals surface area contributed by atoms with E-state index in [1.54, 1.807) is 0 Å². The number of nitrogens with zero attached hydrogens (tertiary/aromatic N) is 1. The van der Waals surface area contributed by atoms with Crippen LogP contribution in [0.25, 0.3) is 10.2 Å². The summed E-state index contributed by atoms with van der Waals surface area (Å²) in [6.45, 7) is 3.91. The Morgan fingerprint density at radius 3 is 3.18 bits per heavy atom. The van der Waals surface area contributed by atoms with Crippen LogP contribution in [-0.2, 0) is 6.54 Å². The van der Waals surface area contributed by atoms with E-state index in [1.165, 1.54) is 24.2 Å². The minimum atomic E-state index is -0.0283. The van der Waals surface area contributed by atoms with Gasteiger partial charge in [0, 0.05) is 6.54 Å². The summed E-state index contributed by atoms with van der Waals surface area (Å²) in [6, 6.07) is 1.89. The Morgan fingerprint density at radius 2 is 2.41 bits per heavy atom. The molecule has 17 heavy (non-hydrogen) atoms. The number of aromatic amines is 1. The van der Waals surface area contributed by atoms with Crippen molar-refractivity contribution in [3.8, 4) is 0 Å². The summed E-state index contributed by atoms with van der Waals surface area (Å²) in [5, 5.41) is 5.26. The molecular formula is C12H15N3OS. The molecule has 1 aliphatic carbocycles. The Bertz CT molecular complexity index is 597. The van der Waals surface area contributed by atoms with E-state index in [0.29, 0.717) is 16.7 Å². The second kappa shape index (κ2) is 3.92. The third-order valence-electron chi connectivity index (χ3n) is 3.31. The molecule has 90 valence electrons. The van der Waals surface area contributed by atoms with Gasteiger partial charge in [0.15, 0.2) is 0 Å². The van der Waals surface area contributed by atoms with Gasteiger partial charge in [0.05, 0.1) is 12.1 Å². The van der Waals surface area contributed by atoms with Crippen LogP contribution < -0.4 is 10.9 Å². The highest BCUT2D eigenvalue weighted by Gasteiger charge is 2.36. The van der Waals surface area contributed by atoms with E-state index in [-0.39, 0.29) is 5.56 Å². The largest absolute Gasteiger partial charge is 0.309 e. The Kier molecular flexibility index (Phi) is 2.52. The normalized spacial score (nSPS) is 17.5. The van der Waals surface area contributed by atoms with Gasteiger partial charge in [0.2, 0.25) is 0 Å². The van der Waals surface area contributed by atoms with Crippen LogP contribution in [0.1, 0.15) is 25.6 Å². The van der Waals surface area contributed by atoms with Gasteiger partial charge < -0.3 is 10.3 Å². The van der Waals surface area contributed by atoms with Crippen molar-refractivity contribution in [2.24, 2.45) is 5.41 Å². The maximum atomic E-state index is 11.7. The average Bonchev–Trinajstić information content (AvgIpc) is 2.84. The second-order valence-electron chi connectivity index (χ2n) is 5.06. The van der Waals surface area contributed by atoms with Gasteiger partial charge in [-0.1, -0.05) is 6.92 Å². The van der Waals surface area contributed by atoms with Crippen LogP contribution in [0.3, 0.4) is 0 Å². The lowest BCUT2D eigenvalue weighted by Gasteiger charge is -2.09. The summed E-state index contributed by atoms with van der Waals surface area (Å²) in [5.74, 6) is 0.727. The van der Waals surface area contributed by atoms with Crippen LogP contribution >= 0.6 is 11.3 Å². The zero-order chi connectivity index (χ0) is 11.9. The predicted molar refractivity (Wildman–Crippen MR) is 69.3 cm³/mol. The van der Waals surface area contributed by atoms with E-state index < -0.39 is 0 Å². The average molecular weight is 249 g/mol. The highest BCUT2D eigenvalue weighted by Crippen LogP contribution is 2.44. The SMILES string of the molecule is CC1(CNCc2nc3ccsc3c(=O)[nH]2)CC1. The lowest BCUT2D eigenvalue weighted by molar-refractivity contribution is 0.493. The highest BCUT2D eigenvalue weighted by molar-refractivity contribution is 7.17. The van der Waals surface area contributed by atoms with E-state index in [1.807, 2.05) is 11.4 Å². The van der Waals surface area contributed by atoms with Gasteiger partial charge in [-0.05, 0) is 29.7 Å². The summed E-state index contributed by atoms with van der Waals surface area (Å²) >= 11 is 1.43. The number of fused-ring (bicyclic) bond motifs is 1. The molecule has 1 aliphatic rings. The van der Waals surface area contributed by atoms with Gasteiger partial charge in [-0.3, -0.25) is 4.79 Å². The summed E-state index contributed by atoms with van der Waals surface area (Å²) in [5.41, 5.74) is 1.25. The Hall–Kier alpha value is -1.20. The van der Waals surface area contributed by atoms with Crippen LogP contribution in [0.4, 0.5) is 0 Å². The molecule has 3 rings (SSSR count). The number of rotatable bonds is 4. The molecule has 0 unspecified atom stereocenters. The molecule has 1 saturated carbocycles. The molecule has 2 heterocycles. The molecule has 0 amide bonds. The number of hydrogen-bond donors (Lipinski definition) is 2. The van der Waals surface area contributed by atoms with Crippen molar-refractivity contribution in [2.75, 3.05) is 6.54 Å². The Labute approximate surface area is 103 Å². The quantitative estimate of drug-likeness (QED) is 0.869. The summed E-state index contributed by atoms with van der Waals surface area (Å²) in [7, 11) is 0. The van der Waals surface area contributed by atoms with Gasteiger partial charge in [-0.25, -0.2) is 4.98 Å². The molecule has 0 atom stereocenters. The van der Waals surface area contributed by atoms with E-state index in [2.05, 4.69) is 22.2 Å². The molecule has 5 heteroatoms. The topological polar surface area (TPSA) is 57.8 Å². The molecule has 0 radical (unpaired) electrons. The summed E-state index contributed by atoms with van der Waals surface area (Å²) < 4.78 is 0.711. The fourth-order valence-electron chi connectivity index (χ4n) is 1.88. The first-order valence-electron chi connectivity index (χ1n) is 5.83. The summed E-state index contributed by atoms with van der Waals surface area (Å²) in [4.78, 5) is 19.0. The number of nitrogens with one attached hydrogen (secondary N) is 2. The lowest BCUT2D eigenvalue weighted by atomic mass is 10.1. The molecular weight excluding hydrogens is 234 g/mol. The minimum Gasteiger partial charge on any atom is -0.309 e. The van der Waals surface area contributed by atoms with Crippen molar-refractivity contribution >= 4 is 21.6 Å². The fraction of sp³-hybridized carbons (Fsp3) is 0.500. The molecule has 1 fully saturated rings. The highest BCUT2D eigenvalue weighted by atomic mass is 32.1.